The maximum absolute atomic E-state index is 12.4. The van der Waals surface area contributed by atoms with Crippen molar-refractivity contribution in [2.75, 3.05) is 30.2 Å². The van der Waals surface area contributed by atoms with Crippen LogP contribution in [0.1, 0.15) is 37.7 Å². The van der Waals surface area contributed by atoms with Crippen molar-refractivity contribution in [2.24, 2.45) is 0 Å². The fourth-order valence-corrected chi connectivity index (χ4v) is 3.79. The molecule has 0 spiro atoms. The average Bonchev–Trinajstić information content (AvgIpc) is 2.83. The second kappa shape index (κ2) is 8.15. The minimum absolute atomic E-state index is 0.000745. The third-order valence-electron chi connectivity index (χ3n) is 4.17. The summed E-state index contributed by atoms with van der Waals surface area (Å²) >= 11 is 0. The first kappa shape index (κ1) is 18.3. The Kier molecular flexibility index (Phi) is 6.21. The molecule has 0 N–H and O–H groups in total. The first-order valence-electron chi connectivity index (χ1n) is 8.17. The van der Waals surface area contributed by atoms with Gasteiger partial charge in [-0.2, -0.15) is 5.26 Å². The molecule has 0 aromatic heterocycles. The summed E-state index contributed by atoms with van der Waals surface area (Å²) < 4.78 is 25.4. The highest BCUT2D eigenvalue weighted by molar-refractivity contribution is 7.92. The summed E-state index contributed by atoms with van der Waals surface area (Å²) in [5.41, 5.74) is 0.938. The second-order valence-corrected chi connectivity index (χ2v) is 7.95. The molecule has 7 heteroatoms. The topological polar surface area (TPSA) is 81.5 Å². The minimum atomic E-state index is -3.49. The van der Waals surface area contributed by atoms with Crippen LogP contribution >= 0.6 is 0 Å². The molecule has 0 aliphatic carbocycles. The summed E-state index contributed by atoms with van der Waals surface area (Å²) in [7, 11) is -3.49. The van der Waals surface area contributed by atoms with Crippen molar-refractivity contribution in [2.45, 2.75) is 32.1 Å². The number of anilines is 1. The Morgan fingerprint density at radius 3 is 2.25 bits per heavy atom. The number of hydrogen-bond donors (Lipinski definition) is 0. The second-order valence-electron chi connectivity index (χ2n) is 6.04. The van der Waals surface area contributed by atoms with Crippen LogP contribution in [0.3, 0.4) is 0 Å². The van der Waals surface area contributed by atoms with Crippen LogP contribution in [0.5, 0.6) is 0 Å². The van der Waals surface area contributed by atoms with Gasteiger partial charge in [0.15, 0.2) is 0 Å². The van der Waals surface area contributed by atoms with Crippen LogP contribution in [0.4, 0.5) is 5.69 Å². The number of benzene rings is 1. The van der Waals surface area contributed by atoms with E-state index in [0.717, 1.165) is 45.0 Å². The van der Waals surface area contributed by atoms with E-state index in [1.54, 1.807) is 24.3 Å². The van der Waals surface area contributed by atoms with Gasteiger partial charge in [0.2, 0.25) is 15.9 Å². The van der Waals surface area contributed by atoms with E-state index in [9.17, 15) is 13.2 Å². The van der Waals surface area contributed by atoms with E-state index in [1.807, 2.05) is 11.0 Å². The van der Waals surface area contributed by atoms with Crippen LogP contribution in [-0.2, 0) is 14.8 Å². The zero-order chi connectivity index (χ0) is 17.6. The molecule has 1 aromatic rings. The quantitative estimate of drug-likeness (QED) is 0.815. The zero-order valence-electron chi connectivity index (χ0n) is 13.9. The fraction of sp³-hybridized carbons (Fsp3) is 0.529. The molecule has 1 aromatic carbocycles. The number of carbonyl (C=O) groups is 1. The molecule has 1 heterocycles. The highest BCUT2D eigenvalue weighted by Gasteiger charge is 2.21. The van der Waals surface area contributed by atoms with Crippen LogP contribution in [0.15, 0.2) is 24.3 Å². The molecule has 0 bridgehead atoms. The number of likely N-dealkylation sites (tertiary alicyclic amines) is 1. The summed E-state index contributed by atoms with van der Waals surface area (Å²) in [6.45, 7) is 1.63. The van der Waals surface area contributed by atoms with E-state index < -0.39 is 10.0 Å². The maximum atomic E-state index is 12.4. The van der Waals surface area contributed by atoms with Crippen molar-refractivity contribution < 1.29 is 13.2 Å². The Morgan fingerprint density at radius 2 is 1.75 bits per heavy atom. The number of rotatable bonds is 5. The van der Waals surface area contributed by atoms with Gasteiger partial charge in [-0.1, -0.05) is 12.8 Å². The lowest BCUT2D eigenvalue weighted by Crippen LogP contribution is -2.37. The Balaban J connectivity index is 2.06. The van der Waals surface area contributed by atoms with E-state index in [-0.39, 0.29) is 18.9 Å². The number of sulfonamides is 1. The van der Waals surface area contributed by atoms with Gasteiger partial charge in [0, 0.05) is 26.1 Å². The molecule has 130 valence electrons. The van der Waals surface area contributed by atoms with Crippen molar-refractivity contribution >= 4 is 21.6 Å². The molecule has 0 unspecified atom stereocenters. The standard InChI is InChI=1S/C17H23N3O3S/c1-24(22,23)20(16-8-6-15(14-18)7-9-16)13-10-17(21)19-11-4-2-3-5-12-19/h6-9H,2-5,10-13H2,1H3. The Morgan fingerprint density at radius 1 is 1.17 bits per heavy atom. The molecule has 0 atom stereocenters. The van der Waals surface area contributed by atoms with Crippen molar-refractivity contribution in [1.29, 1.82) is 5.26 Å². The normalized spacial score (nSPS) is 15.4. The fourth-order valence-electron chi connectivity index (χ4n) is 2.86. The van der Waals surface area contributed by atoms with Gasteiger partial charge < -0.3 is 4.90 Å². The van der Waals surface area contributed by atoms with Crippen LogP contribution in [0.25, 0.3) is 0 Å². The van der Waals surface area contributed by atoms with E-state index >= 15 is 0 Å². The molecule has 2 rings (SSSR count). The van der Waals surface area contributed by atoms with Gasteiger partial charge in [-0.25, -0.2) is 8.42 Å². The Hall–Kier alpha value is -2.07. The number of hydrogen-bond acceptors (Lipinski definition) is 4. The predicted octanol–water partition coefficient (Wildman–Crippen LogP) is 2.12. The monoisotopic (exact) mass is 349 g/mol. The Labute approximate surface area is 143 Å². The lowest BCUT2D eigenvalue weighted by molar-refractivity contribution is -0.130. The van der Waals surface area contributed by atoms with Crippen molar-refractivity contribution in [3.05, 3.63) is 29.8 Å². The van der Waals surface area contributed by atoms with Crippen LogP contribution in [0, 0.1) is 11.3 Å². The molecule has 0 saturated carbocycles. The van der Waals surface area contributed by atoms with Gasteiger partial charge in [0.05, 0.1) is 23.6 Å². The van der Waals surface area contributed by atoms with Crippen molar-refractivity contribution in [3.63, 3.8) is 0 Å². The molecule has 24 heavy (non-hydrogen) atoms. The van der Waals surface area contributed by atoms with Gasteiger partial charge in [0.1, 0.15) is 0 Å². The number of nitriles is 1. The maximum Gasteiger partial charge on any atom is 0.232 e. The highest BCUT2D eigenvalue weighted by atomic mass is 32.2. The molecular formula is C17H23N3O3S. The van der Waals surface area contributed by atoms with Gasteiger partial charge >= 0.3 is 0 Å². The summed E-state index contributed by atoms with van der Waals surface area (Å²) in [6, 6.07) is 8.34. The number of nitrogens with zero attached hydrogens (tertiary/aromatic N) is 3. The molecule has 6 nitrogen and oxygen atoms in total. The summed E-state index contributed by atoms with van der Waals surface area (Å²) in [6.07, 6.45) is 5.60. The zero-order valence-corrected chi connectivity index (χ0v) is 14.8. The van der Waals surface area contributed by atoms with Crippen molar-refractivity contribution in [3.8, 4) is 6.07 Å². The van der Waals surface area contributed by atoms with Gasteiger partial charge in [-0.3, -0.25) is 9.10 Å². The van der Waals surface area contributed by atoms with E-state index in [0.29, 0.717) is 11.3 Å². The molecule has 1 saturated heterocycles. The van der Waals surface area contributed by atoms with Gasteiger partial charge in [-0.05, 0) is 37.1 Å². The van der Waals surface area contributed by atoms with Gasteiger partial charge in [0.25, 0.3) is 0 Å². The average molecular weight is 349 g/mol. The van der Waals surface area contributed by atoms with E-state index in [4.69, 9.17) is 5.26 Å². The van der Waals surface area contributed by atoms with Gasteiger partial charge in [-0.15, -0.1) is 0 Å². The lowest BCUT2D eigenvalue weighted by Gasteiger charge is -2.25. The first-order valence-corrected chi connectivity index (χ1v) is 10.0. The number of amides is 1. The van der Waals surface area contributed by atoms with Crippen molar-refractivity contribution in [1.82, 2.24) is 4.90 Å². The smallest absolute Gasteiger partial charge is 0.232 e. The third kappa shape index (κ3) is 4.96. The lowest BCUT2D eigenvalue weighted by atomic mass is 10.2. The third-order valence-corrected chi connectivity index (χ3v) is 5.37. The highest BCUT2D eigenvalue weighted by Crippen LogP contribution is 2.19. The molecule has 1 amide bonds. The minimum Gasteiger partial charge on any atom is -0.343 e. The van der Waals surface area contributed by atoms with E-state index in [1.165, 1.54) is 4.31 Å². The molecular weight excluding hydrogens is 326 g/mol. The molecule has 1 fully saturated rings. The van der Waals surface area contributed by atoms with E-state index in [2.05, 4.69) is 0 Å². The largest absolute Gasteiger partial charge is 0.343 e. The number of carbonyl (C=O) groups excluding carboxylic acids is 1. The SMILES string of the molecule is CS(=O)(=O)N(CCC(=O)N1CCCCCC1)c1ccc(C#N)cc1. The summed E-state index contributed by atoms with van der Waals surface area (Å²) in [4.78, 5) is 14.2. The molecule has 0 radical (unpaired) electrons. The van der Waals surface area contributed by atoms with Crippen LogP contribution < -0.4 is 4.31 Å². The van der Waals surface area contributed by atoms with Crippen LogP contribution in [0.2, 0.25) is 0 Å². The van der Waals surface area contributed by atoms with Crippen LogP contribution in [-0.4, -0.2) is 45.1 Å². The molecule has 1 aliphatic heterocycles. The first-order chi connectivity index (χ1) is 11.4. The summed E-state index contributed by atoms with van der Waals surface area (Å²) in [5.74, 6) is -0.000745. The molecule has 1 aliphatic rings. The predicted molar refractivity (Wildman–Crippen MR) is 93.0 cm³/mol. The summed E-state index contributed by atoms with van der Waals surface area (Å²) in [5, 5.41) is 8.84. The Bertz CT molecular complexity index is 700.